The Bertz CT molecular complexity index is 205. The lowest BCUT2D eigenvalue weighted by Crippen LogP contribution is -2.38. The smallest absolute Gasteiger partial charge is 0.0897 e. The number of rotatable bonds is 8. The summed E-state index contributed by atoms with van der Waals surface area (Å²) in [6.07, 6.45) is 6.40. The van der Waals surface area contributed by atoms with E-state index in [-0.39, 0.29) is 12.1 Å². The zero-order chi connectivity index (χ0) is 13.4. The minimum Gasteiger partial charge on any atom is -0.393 e. The molecule has 1 fully saturated rings. The van der Waals surface area contributed by atoms with Crippen LogP contribution in [0, 0.1) is 0 Å². The molecule has 0 radical (unpaired) electrons. The highest BCUT2D eigenvalue weighted by molar-refractivity contribution is 4.69. The van der Waals surface area contributed by atoms with Crippen molar-refractivity contribution in [1.82, 2.24) is 5.32 Å². The summed E-state index contributed by atoms with van der Waals surface area (Å²) >= 11 is 0. The first-order valence-corrected chi connectivity index (χ1v) is 7.29. The van der Waals surface area contributed by atoms with Crippen molar-refractivity contribution in [3.8, 4) is 0 Å². The van der Waals surface area contributed by atoms with Crippen molar-refractivity contribution in [2.75, 3.05) is 13.2 Å². The highest BCUT2D eigenvalue weighted by Gasteiger charge is 2.16. The van der Waals surface area contributed by atoms with E-state index in [1.807, 2.05) is 6.92 Å². The zero-order valence-corrected chi connectivity index (χ0v) is 11.8. The van der Waals surface area contributed by atoms with Gasteiger partial charge in [0.15, 0.2) is 0 Å². The van der Waals surface area contributed by atoms with Crippen molar-refractivity contribution in [1.29, 1.82) is 0 Å². The van der Waals surface area contributed by atoms with Gasteiger partial charge in [-0.05, 0) is 33.1 Å². The Balaban J connectivity index is 2.04. The van der Waals surface area contributed by atoms with Gasteiger partial charge in [-0.3, -0.25) is 0 Å². The van der Waals surface area contributed by atoms with E-state index in [0.29, 0.717) is 25.7 Å². The lowest BCUT2D eigenvalue weighted by atomic mass is 9.98. The van der Waals surface area contributed by atoms with E-state index < -0.39 is 6.10 Å². The zero-order valence-electron chi connectivity index (χ0n) is 11.8. The van der Waals surface area contributed by atoms with Crippen LogP contribution in [0.15, 0.2) is 0 Å². The molecule has 18 heavy (non-hydrogen) atoms. The van der Waals surface area contributed by atoms with Crippen LogP contribution in [-0.4, -0.2) is 47.7 Å². The van der Waals surface area contributed by atoms with Crippen LogP contribution in [0.5, 0.6) is 0 Å². The molecule has 0 heterocycles. The van der Waals surface area contributed by atoms with Gasteiger partial charge in [0.25, 0.3) is 0 Å². The van der Waals surface area contributed by atoms with Crippen LogP contribution in [0.4, 0.5) is 0 Å². The molecule has 0 bridgehead atoms. The van der Waals surface area contributed by atoms with Gasteiger partial charge in [0.1, 0.15) is 0 Å². The Morgan fingerprint density at radius 1 is 1.17 bits per heavy atom. The van der Waals surface area contributed by atoms with Crippen molar-refractivity contribution in [2.45, 2.75) is 76.7 Å². The molecule has 108 valence electrons. The van der Waals surface area contributed by atoms with Gasteiger partial charge >= 0.3 is 0 Å². The molecular weight excluding hydrogens is 230 g/mol. The van der Waals surface area contributed by atoms with Crippen molar-refractivity contribution >= 4 is 0 Å². The summed E-state index contributed by atoms with van der Waals surface area (Å²) in [4.78, 5) is 0. The third kappa shape index (κ3) is 7.31. The van der Waals surface area contributed by atoms with Crippen molar-refractivity contribution in [3.63, 3.8) is 0 Å². The van der Waals surface area contributed by atoms with Crippen LogP contribution in [-0.2, 0) is 4.74 Å². The fraction of sp³-hybridized carbons (Fsp3) is 1.00. The molecule has 3 atom stereocenters. The largest absolute Gasteiger partial charge is 0.393 e. The SMILES string of the molecule is CC(O)CC(C)NCC(O)COC1CCCCC1. The quantitative estimate of drug-likeness (QED) is 0.617. The average molecular weight is 259 g/mol. The van der Waals surface area contributed by atoms with Crippen LogP contribution in [0.1, 0.15) is 52.4 Å². The Morgan fingerprint density at radius 2 is 1.83 bits per heavy atom. The molecule has 0 aromatic heterocycles. The predicted molar refractivity (Wildman–Crippen MR) is 72.6 cm³/mol. The van der Waals surface area contributed by atoms with Crippen molar-refractivity contribution in [2.24, 2.45) is 0 Å². The second-order valence-electron chi connectivity index (χ2n) is 5.64. The lowest BCUT2D eigenvalue weighted by Gasteiger charge is -2.24. The monoisotopic (exact) mass is 259 g/mol. The molecule has 3 N–H and O–H groups in total. The first-order valence-electron chi connectivity index (χ1n) is 7.29. The van der Waals surface area contributed by atoms with Gasteiger partial charge < -0.3 is 20.3 Å². The third-order valence-electron chi connectivity index (χ3n) is 3.47. The van der Waals surface area contributed by atoms with E-state index >= 15 is 0 Å². The standard InChI is InChI=1S/C14H29NO3/c1-11(8-12(2)16)15-9-13(17)10-18-14-6-4-3-5-7-14/h11-17H,3-10H2,1-2H3. The maximum atomic E-state index is 9.81. The summed E-state index contributed by atoms with van der Waals surface area (Å²) in [7, 11) is 0. The number of aliphatic hydroxyl groups is 2. The number of ether oxygens (including phenoxy) is 1. The number of nitrogens with one attached hydrogen (secondary N) is 1. The Hall–Kier alpha value is -0.160. The van der Waals surface area contributed by atoms with E-state index in [2.05, 4.69) is 5.32 Å². The third-order valence-corrected chi connectivity index (χ3v) is 3.47. The second-order valence-corrected chi connectivity index (χ2v) is 5.64. The first-order chi connectivity index (χ1) is 8.58. The maximum Gasteiger partial charge on any atom is 0.0897 e. The second kappa shape index (κ2) is 8.86. The molecule has 3 unspecified atom stereocenters. The fourth-order valence-electron chi connectivity index (χ4n) is 2.47. The summed E-state index contributed by atoms with van der Waals surface area (Å²) in [5.41, 5.74) is 0. The summed E-state index contributed by atoms with van der Waals surface area (Å²) < 4.78 is 5.72. The summed E-state index contributed by atoms with van der Waals surface area (Å²) in [6.45, 7) is 4.74. The van der Waals surface area contributed by atoms with Gasteiger partial charge in [-0.1, -0.05) is 19.3 Å². The molecule has 0 aromatic rings. The molecule has 0 aliphatic heterocycles. The number of hydrogen-bond acceptors (Lipinski definition) is 4. The molecule has 0 aromatic carbocycles. The topological polar surface area (TPSA) is 61.7 Å². The van der Waals surface area contributed by atoms with Crippen LogP contribution in [0.2, 0.25) is 0 Å². The van der Waals surface area contributed by atoms with Gasteiger partial charge in [0.05, 0.1) is 24.9 Å². The first kappa shape index (κ1) is 15.9. The number of aliphatic hydroxyl groups excluding tert-OH is 2. The molecule has 4 heteroatoms. The van der Waals surface area contributed by atoms with Gasteiger partial charge in [0.2, 0.25) is 0 Å². The number of hydrogen-bond donors (Lipinski definition) is 3. The Morgan fingerprint density at radius 3 is 2.44 bits per heavy atom. The summed E-state index contributed by atoms with van der Waals surface area (Å²) in [6, 6.07) is 0.217. The minimum absolute atomic E-state index is 0.217. The van der Waals surface area contributed by atoms with Crippen molar-refractivity contribution in [3.05, 3.63) is 0 Å². The van der Waals surface area contributed by atoms with Crippen LogP contribution in [0.25, 0.3) is 0 Å². The minimum atomic E-state index is -0.455. The molecule has 1 saturated carbocycles. The van der Waals surface area contributed by atoms with E-state index in [4.69, 9.17) is 4.74 Å². The summed E-state index contributed by atoms with van der Waals surface area (Å²) in [5, 5.41) is 22.3. The van der Waals surface area contributed by atoms with Gasteiger partial charge in [-0.2, -0.15) is 0 Å². The average Bonchev–Trinajstić information content (AvgIpc) is 2.34. The lowest BCUT2D eigenvalue weighted by molar-refractivity contribution is -0.0237. The van der Waals surface area contributed by atoms with Crippen LogP contribution < -0.4 is 5.32 Å². The normalized spacial score (nSPS) is 22.7. The highest BCUT2D eigenvalue weighted by atomic mass is 16.5. The molecule has 0 spiro atoms. The van der Waals surface area contributed by atoms with E-state index in [9.17, 15) is 10.2 Å². The van der Waals surface area contributed by atoms with Gasteiger partial charge in [-0.15, -0.1) is 0 Å². The van der Waals surface area contributed by atoms with Crippen molar-refractivity contribution < 1.29 is 14.9 Å². The summed E-state index contributed by atoms with van der Waals surface area (Å²) in [5.74, 6) is 0. The van der Waals surface area contributed by atoms with Crippen LogP contribution >= 0.6 is 0 Å². The fourth-order valence-corrected chi connectivity index (χ4v) is 2.47. The molecule has 1 aliphatic carbocycles. The van der Waals surface area contributed by atoms with Gasteiger partial charge in [-0.25, -0.2) is 0 Å². The molecule has 1 aliphatic rings. The van der Waals surface area contributed by atoms with Crippen LogP contribution in [0.3, 0.4) is 0 Å². The molecule has 0 saturated heterocycles. The van der Waals surface area contributed by atoms with E-state index in [0.717, 1.165) is 12.8 Å². The highest BCUT2D eigenvalue weighted by Crippen LogP contribution is 2.20. The molecule has 4 nitrogen and oxygen atoms in total. The molecule has 1 rings (SSSR count). The van der Waals surface area contributed by atoms with E-state index in [1.54, 1.807) is 6.92 Å². The Labute approximate surface area is 111 Å². The molecular formula is C14H29NO3. The maximum absolute atomic E-state index is 9.81. The predicted octanol–water partition coefficient (Wildman–Crippen LogP) is 1.45. The van der Waals surface area contributed by atoms with Gasteiger partial charge in [0, 0.05) is 12.6 Å². The van der Waals surface area contributed by atoms with E-state index in [1.165, 1.54) is 19.3 Å². The Kier molecular flexibility index (Phi) is 7.82. The molecule has 0 amide bonds.